The molecule has 2 nitrogen and oxygen atoms in total. The van der Waals surface area contributed by atoms with Crippen molar-refractivity contribution < 1.29 is 10.2 Å². The van der Waals surface area contributed by atoms with Crippen LogP contribution in [0.5, 0.6) is 0 Å². The fourth-order valence-electron chi connectivity index (χ4n) is 0.947. The average molecular weight is 207 g/mol. The maximum absolute atomic E-state index is 9.53. The molecule has 0 aliphatic rings. The van der Waals surface area contributed by atoms with Crippen LogP contribution in [0, 0.1) is 6.92 Å². The molecular formula is C8H11ClO2S. The molecule has 2 unspecified atom stereocenters. The molecule has 2 N–H and O–H groups in total. The monoisotopic (exact) mass is 206 g/mol. The summed E-state index contributed by atoms with van der Waals surface area (Å²) in [6.07, 6.45) is -1.72. The fraction of sp³-hybridized carbons (Fsp3) is 0.500. The first-order valence-corrected chi connectivity index (χ1v) is 5.04. The van der Waals surface area contributed by atoms with E-state index in [1.54, 1.807) is 0 Å². The smallest absolute Gasteiger partial charge is 0.115 e. The summed E-state index contributed by atoms with van der Waals surface area (Å²) in [5, 5.41) is 20.7. The lowest BCUT2D eigenvalue weighted by Gasteiger charge is -2.14. The summed E-state index contributed by atoms with van der Waals surface area (Å²) < 4.78 is 0. The summed E-state index contributed by atoms with van der Waals surface area (Å²) in [5.41, 5.74) is 0.997. The second-order valence-corrected chi connectivity index (χ2v) is 3.89. The molecule has 0 amide bonds. The minimum atomic E-state index is -0.871. The Hall–Kier alpha value is -0.0900. The molecule has 1 aromatic heterocycles. The molecule has 0 aliphatic heterocycles. The molecular weight excluding hydrogens is 196 g/mol. The van der Waals surface area contributed by atoms with E-state index in [1.807, 2.05) is 18.4 Å². The van der Waals surface area contributed by atoms with Gasteiger partial charge in [-0.05, 0) is 23.9 Å². The van der Waals surface area contributed by atoms with Crippen molar-refractivity contribution >= 4 is 22.9 Å². The van der Waals surface area contributed by atoms with E-state index in [9.17, 15) is 10.2 Å². The molecule has 1 rings (SSSR count). The molecule has 12 heavy (non-hydrogen) atoms. The molecule has 0 bridgehead atoms. The molecule has 0 saturated heterocycles. The van der Waals surface area contributed by atoms with Crippen molar-refractivity contribution in [2.75, 3.05) is 5.88 Å². The molecule has 0 radical (unpaired) electrons. The summed E-state index contributed by atoms with van der Waals surface area (Å²) in [6.45, 7) is 1.90. The molecule has 0 spiro atoms. The quantitative estimate of drug-likeness (QED) is 0.739. The van der Waals surface area contributed by atoms with Crippen molar-refractivity contribution in [2.45, 2.75) is 19.1 Å². The van der Waals surface area contributed by atoms with Crippen molar-refractivity contribution in [3.05, 3.63) is 21.9 Å². The minimum Gasteiger partial charge on any atom is -0.389 e. The van der Waals surface area contributed by atoms with Crippen LogP contribution in [-0.4, -0.2) is 22.2 Å². The maximum atomic E-state index is 9.53. The molecule has 1 heterocycles. The van der Waals surface area contributed by atoms with Gasteiger partial charge in [-0.25, -0.2) is 0 Å². The molecule has 4 heteroatoms. The number of aryl methyl sites for hydroxylation is 1. The van der Waals surface area contributed by atoms with Gasteiger partial charge in [-0.3, -0.25) is 0 Å². The predicted octanol–water partition coefficient (Wildman–Crippen LogP) is 1.69. The van der Waals surface area contributed by atoms with E-state index in [1.165, 1.54) is 11.3 Å². The second kappa shape index (κ2) is 4.23. The number of halogens is 1. The van der Waals surface area contributed by atoms with Gasteiger partial charge >= 0.3 is 0 Å². The molecule has 0 aromatic carbocycles. The van der Waals surface area contributed by atoms with Gasteiger partial charge in [-0.2, -0.15) is 0 Å². The summed E-state index contributed by atoms with van der Waals surface area (Å²) in [4.78, 5) is 0.795. The molecule has 0 aliphatic carbocycles. The van der Waals surface area contributed by atoms with Crippen LogP contribution in [0.2, 0.25) is 0 Å². The first-order valence-electron chi connectivity index (χ1n) is 3.63. The third-order valence-corrected chi connectivity index (χ3v) is 3.10. The number of aliphatic hydroxyl groups excluding tert-OH is 2. The van der Waals surface area contributed by atoms with Crippen molar-refractivity contribution in [1.82, 2.24) is 0 Å². The Morgan fingerprint density at radius 1 is 1.58 bits per heavy atom. The zero-order valence-corrected chi connectivity index (χ0v) is 8.27. The summed E-state index contributed by atoms with van der Waals surface area (Å²) in [6, 6.07) is 1.91. The Bertz CT molecular complexity index is 249. The normalized spacial score (nSPS) is 16.0. The van der Waals surface area contributed by atoms with Crippen LogP contribution in [-0.2, 0) is 0 Å². The van der Waals surface area contributed by atoms with Gasteiger partial charge in [0.1, 0.15) is 6.10 Å². The van der Waals surface area contributed by atoms with E-state index in [-0.39, 0.29) is 5.88 Å². The van der Waals surface area contributed by atoms with Crippen molar-refractivity contribution in [2.24, 2.45) is 0 Å². The number of hydrogen-bond donors (Lipinski definition) is 2. The Morgan fingerprint density at radius 2 is 2.25 bits per heavy atom. The zero-order valence-electron chi connectivity index (χ0n) is 6.70. The molecule has 0 fully saturated rings. The molecule has 0 saturated carbocycles. The Kier molecular flexibility index (Phi) is 3.53. The van der Waals surface area contributed by atoms with Crippen molar-refractivity contribution in [1.29, 1.82) is 0 Å². The van der Waals surface area contributed by atoms with E-state index in [0.29, 0.717) is 0 Å². The van der Waals surface area contributed by atoms with Crippen molar-refractivity contribution in [3.63, 3.8) is 0 Å². The molecule has 2 atom stereocenters. The van der Waals surface area contributed by atoms with Crippen molar-refractivity contribution in [3.8, 4) is 0 Å². The average Bonchev–Trinajstić information content (AvgIpc) is 2.48. The van der Waals surface area contributed by atoms with Gasteiger partial charge in [0.25, 0.3) is 0 Å². The number of aliphatic hydroxyl groups is 2. The van der Waals surface area contributed by atoms with E-state index in [4.69, 9.17) is 11.6 Å². The lowest BCUT2D eigenvalue weighted by atomic mass is 10.1. The van der Waals surface area contributed by atoms with E-state index in [0.717, 1.165) is 10.4 Å². The lowest BCUT2D eigenvalue weighted by molar-refractivity contribution is 0.0346. The second-order valence-electron chi connectivity index (χ2n) is 2.63. The Labute approximate surface area is 80.4 Å². The third-order valence-electron chi connectivity index (χ3n) is 1.69. The Balaban J connectivity index is 2.77. The highest BCUT2D eigenvalue weighted by atomic mass is 35.5. The Morgan fingerprint density at radius 3 is 2.67 bits per heavy atom. The summed E-state index contributed by atoms with van der Waals surface area (Å²) in [7, 11) is 0. The molecule has 1 aromatic rings. The van der Waals surface area contributed by atoms with Crippen LogP contribution in [0.1, 0.15) is 16.5 Å². The first-order chi connectivity index (χ1) is 5.66. The van der Waals surface area contributed by atoms with E-state index in [2.05, 4.69) is 0 Å². The van der Waals surface area contributed by atoms with Crippen LogP contribution < -0.4 is 0 Å². The lowest BCUT2D eigenvalue weighted by Crippen LogP contribution is -2.19. The maximum Gasteiger partial charge on any atom is 0.115 e. The number of alkyl halides is 1. The van der Waals surface area contributed by atoms with Crippen LogP contribution >= 0.6 is 22.9 Å². The first kappa shape index (κ1) is 9.99. The highest BCUT2D eigenvalue weighted by molar-refractivity contribution is 7.10. The van der Waals surface area contributed by atoms with E-state index >= 15 is 0 Å². The third kappa shape index (κ3) is 1.98. The predicted molar refractivity (Wildman–Crippen MR) is 50.7 cm³/mol. The van der Waals surface area contributed by atoms with Gasteiger partial charge in [0.15, 0.2) is 0 Å². The van der Waals surface area contributed by atoms with Crippen LogP contribution in [0.4, 0.5) is 0 Å². The van der Waals surface area contributed by atoms with Gasteiger partial charge in [-0.15, -0.1) is 22.9 Å². The highest BCUT2D eigenvalue weighted by Gasteiger charge is 2.19. The van der Waals surface area contributed by atoms with Crippen LogP contribution in [0.15, 0.2) is 11.4 Å². The number of hydrogen-bond acceptors (Lipinski definition) is 3. The summed E-state index contributed by atoms with van der Waals surface area (Å²) in [5.74, 6) is 0.0541. The number of rotatable bonds is 3. The van der Waals surface area contributed by atoms with Crippen LogP contribution in [0.3, 0.4) is 0 Å². The van der Waals surface area contributed by atoms with Gasteiger partial charge < -0.3 is 10.2 Å². The SMILES string of the molecule is Cc1ccsc1C(O)C(O)CCl. The van der Waals surface area contributed by atoms with Gasteiger partial charge in [-0.1, -0.05) is 0 Å². The van der Waals surface area contributed by atoms with Crippen LogP contribution in [0.25, 0.3) is 0 Å². The van der Waals surface area contributed by atoms with E-state index < -0.39 is 12.2 Å². The van der Waals surface area contributed by atoms with Gasteiger partial charge in [0.2, 0.25) is 0 Å². The topological polar surface area (TPSA) is 40.5 Å². The highest BCUT2D eigenvalue weighted by Crippen LogP contribution is 2.26. The standard InChI is InChI=1S/C8H11ClO2S/c1-5-2-3-12-8(5)7(11)6(10)4-9/h2-3,6-7,10-11H,4H2,1H3. The van der Waals surface area contributed by atoms with Gasteiger partial charge in [0, 0.05) is 4.88 Å². The number of thiophene rings is 1. The van der Waals surface area contributed by atoms with Gasteiger partial charge in [0.05, 0.1) is 12.0 Å². The zero-order chi connectivity index (χ0) is 9.14. The summed E-state index contributed by atoms with van der Waals surface area (Å²) >= 11 is 6.84. The molecule has 68 valence electrons. The fourth-order valence-corrected chi connectivity index (χ4v) is 2.08. The largest absolute Gasteiger partial charge is 0.389 e. The minimum absolute atomic E-state index is 0.0541.